The molecule has 0 radical (unpaired) electrons. The first kappa shape index (κ1) is 109. The first-order chi connectivity index (χ1) is 61.9. The van der Waals surface area contributed by atoms with E-state index in [4.69, 9.17) is 101 Å². The Morgan fingerprint density at radius 2 is 0.758 bits per heavy atom. The van der Waals surface area contributed by atoms with Crippen LogP contribution in [0, 0.1) is 35.4 Å². The topological polar surface area (TPSA) is 293 Å². The molecule has 10 aliphatic heterocycles. The number of benzene rings is 3. The number of alkyl halides is 1. The summed E-state index contributed by atoms with van der Waals surface area (Å²) in [5.41, 5.74) is 6.38. The van der Waals surface area contributed by atoms with E-state index < -0.39 is 30.0 Å². The zero-order valence-corrected chi connectivity index (χ0v) is 88.6. The Kier molecular flexibility index (Phi) is 40.9. The molecule has 0 spiro atoms. The third-order valence-electron chi connectivity index (χ3n) is 25.3. The van der Waals surface area contributed by atoms with Crippen LogP contribution in [0.15, 0.2) is 60.9 Å². The average molecular weight is 2110 g/mol. The Morgan fingerprint density at radius 3 is 1.11 bits per heavy atom. The van der Waals surface area contributed by atoms with E-state index in [9.17, 15) is 42.7 Å². The van der Waals surface area contributed by atoms with Crippen molar-refractivity contribution < 1.29 is 57.0 Å². The van der Waals surface area contributed by atoms with E-state index in [2.05, 4.69) is 113 Å². The van der Waals surface area contributed by atoms with Gasteiger partial charge in [-0.1, -0.05) is 146 Å². The Balaban J connectivity index is 0.000000185. The average Bonchev–Trinajstić information content (AvgIpc) is 0.729. The van der Waals surface area contributed by atoms with Crippen LogP contribution in [0.25, 0.3) is 0 Å². The van der Waals surface area contributed by atoms with Gasteiger partial charge in [-0.25, -0.2) is 24.4 Å². The molecule has 10 aliphatic rings. The summed E-state index contributed by atoms with van der Waals surface area (Å²) in [5, 5.41) is 16.5. The minimum absolute atomic E-state index is 0.0219. The first-order valence-corrected chi connectivity index (χ1v) is 55.1. The summed E-state index contributed by atoms with van der Waals surface area (Å²) < 4.78 is 31.1. The van der Waals surface area contributed by atoms with Gasteiger partial charge in [0.25, 0.3) is 0 Å². The van der Waals surface area contributed by atoms with Crippen molar-refractivity contribution in [3.63, 3.8) is 0 Å². The monoisotopic (exact) mass is 2100 g/mol. The molecule has 0 aliphatic carbocycles. The number of carbonyl (C=O) groups is 8. The van der Waals surface area contributed by atoms with Crippen LogP contribution in [0.3, 0.4) is 0 Å². The number of rotatable bonds is 12. The van der Waals surface area contributed by atoms with Gasteiger partial charge < -0.3 is 85.3 Å². The molecular formula is C95H143Cl7FIN16O11Si. The molecule has 1 aromatic heterocycles. The number of hydrogen-bond donors (Lipinski definition) is 5. The number of carbonyl (C=O) groups excluding carboxylic acids is 8. The van der Waals surface area contributed by atoms with Gasteiger partial charge >= 0.3 is 18.3 Å². The number of likely N-dealkylation sites (tertiary alicyclic amines) is 8. The van der Waals surface area contributed by atoms with Crippen molar-refractivity contribution in [3.05, 3.63) is 96.9 Å². The SMILES string of the molecule is C[C@H]1CCN(C(=O)OC(C)(C)C)C[C@@H]1N1CCCC(I)C1=O.C[C@H]1CCN(C(=O)OC(C)(C)C)C[C@@H]1N1CCCC(Nc2cc(Cl)cc(Cl)c2)C1=O.C[C@H]1CCN(C(=O)OC(C)(C)C)C[C@@H]1N1CCCCC1=O.C[C@H]1CCN(c2ncnc(N)c2F)C[C@@H]1N1CCCC(Nc2cc(Cl)cc(Cl)c2)C1=O.C[C@H]1CCNC[C@@H]1N1CCCC(Nc2cc(Cl)cc(Cl)c2)C1=O.C[Si](C)(C)Cl. The highest BCUT2D eigenvalue weighted by molar-refractivity contribution is 14.1. The highest BCUT2D eigenvalue weighted by atomic mass is 127. The van der Waals surface area contributed by atoms with E-state index in [0.29, 0.717) is 132 Å². The minimum atomic E-state index is -1.14. The van der Waals surface area contributed by atoms with E-state index in [0.717, 1.165) is 146 Å². The summed E-state index contributed by atoms with van der Waals surface area (Å²) in [7, 11) is -1.14. The molecule has 736 valence electrons. The van der Waals surface area contributed by atoms with Gasteiger partial charge in [0.1, 0.15) is 48.6 Å². The van der Waals surface area contributed by atoms with E-state index in [-0.39, 0.29) is 112 Å². The number of nitrogens with one attached hydrogen (secondary N) is 4. The molecule has 6 N–H and O–H groups in total. The van der Waals surface area contributed by atoms with Gasteiger partial charge in [0, 0.05) is 151 Å². The fourth-order valence-corrected chi connectivity index (χ4v) is 20.8. The third kappa shape index (κ3) is 33.3. The van der Waals surface area contributed by atoms with Crippen LogP contribution in [0.2, 0.25) is 49.8 Å². The van der Waals surface area contributed by atoms with Gasteiger partial charge in [-0.3, -0.25) is 24.0 Å². The highest BCUT2D eigenvalue weighted by Gasteiger charge is 2.46. The number of ether oxygens (including phenoxy) is 3. The zero-order valence-electron chi connectivity index (χ0n) is 80.2. The molecule has 27 nitrogen and oxygen atoms in total. The Hall–Kier alpha value is -6.23. The number of anilines is 5. The molecule has 14 rings (SSSR count). The van der Waals surface area contributed by atoms with Crippen molar-refractivity contribution >= 4 is 187 Å². The molecule has 4 unspecified atom stereocenters. The van der Waals surface area contributed by atoms with Crippen molar-refractivity contribution in [1.82, 2.24) is 54.5 Å². The van der Waals surface area contributed by atoms with Crippen molar-refractivity contribution in [1.29, 1.82) is 0 Å². The van der Waals surface area contributed by atoms with Gasteiger partial charge in [0.15, 0.2) is 11.6 Å². The molecule has 37 heteroatoms. The molecule has 4 aromatic rings. The predicted molar refractivity (Wildman–Crippen MR) is 541 cm³/mol. The van der Waals surface area contributed by atoms with E-state index >= 15 is 0 Å². The lowest BCUT2D eigenvalue weighted by molar-refractivity contribution is -0.140. The molecule has 11 heterocycles. The summed E-state index contributed by atoms with van der Waals surface area (Å²) in [6.45, 7) is 44.7. The molecule has 0 bridgehead atoms. The number of nitrogens with zero attached hydrogens (tertiary/aromatic N) is 11. The number of halogens is 9. The van der Waals surface area contributed by atoms with Crippen LogP contribution < -0.4 is 31.9 Å². The summed E-state index contributed by atoms with van der Waals surface area (Å²) in [4.78, 5) is 126. The minimum Gasteiger partial charge on any atom is -0.444 e. The number of piperidine rings is 10. The van der Waals surface area contributed by atoms with E-state index in [1.165, 1.54) is 6.33 Å². The highest BCUT2D eigenvalue weighted by Crippen LogP contribution is 2.37. The van der Waals surface area contributed by atoms with Gasteiger partial charge in [0.05, 0.1) is 28.1 Å². The van der Waals surface area contributed by atoms with E-state index in [1.807, 2.05) is 98.9 Å². The number of aromatic nitrogens is 2. The van der Waals surface area contributed by atoms with Gasteiger partial charge in [-0.2, -0.15) is 15.5 Å². The largest absolute Gasteiger partial charge is 0.444 e. The fraction of sp³-hybridized carbons (Fsp3) is 0.684. The maximum absolute atomic E-state index is 14.5. The van der Waals surface area contributed by atoms with Gasteiger partial charge in [0.2, 0.25) is 35.4 Å². The lowest BCUT2D eigenvalue weighted by Gasteiger charge is -2.46. The van der Waals surface area contributed by atoms with Crippen molar-refractivity contribution in [2.45, 2.75) is 288 Å². The smallest absolute Gasteiger partial charge is 0.410 e. The first-order valence-electron chi connectivity index (χ1n) is 47.1. The molecule has 10 saturated heterocycles. The second-order valence-corrected chi connectivity index (χ2v) is 52.5. The molecule has 10 fully saturated rings. The van der Waals surface area contributed by atoms with Crippen LogP contribution in [0.1, 0.15) is 200 Å². The molecular weight excluding hydrogens is 1960 g/mol. The van der Waals surface area contributed by atoms with Crippen molar-refractivity contribution in [2.75, 3.05) is 125 Å². The van der Waals surface area contributed by atoms with Gasteiger partial charge in [-0.15, -0.1) is 0 Å². The number of amides is 8. The third-order valence-corrected chi connectivity index (χ3v) is 27.8. The Labute approximate surface area is 831 Å². The summed E-state index contributed by atoms with van der Waals surface area (Å²) in [5.74, 6) is 2.15. The molecule has 132 heavy (non-hydrogen) atoms. The van der Waals surface area contributed by atoms with Gasteiger partial charge in [-0.05, 0) is 249 Å². The summed E-state index contributed by atoms with van der Waals surface area (Å²) in [6, 6.07) is 15.3. The normalized spacial score (nSPS) is 26.4. The van der Waals surface area contributed by atoms with Crippen molar-refractivity contribution in [2.24, 2.45) is 29.6 Å². The number of nitrogens with two attached hydrogens (primary N) is 1. The second-order valence-electron chi connectivity index (χ2n) is 40.8. The van der Waals surface area contributed by atoms with Crippen molar-refractivity contribution in [3.8, 4) is 0 Å². The summed E-state index contributed by atoms with van der Waals surface area (Å²) >= 11 is 44.4. The molecule has 0 saturated carbocycles. The number of hydrogen-bond acceptors (Lipinski definition) is 19. The standard InChI is InChI=1S/C22H31Cl2N3O3.C21H25Cl2FN6O.C17H23Cl2N3O.C16H27IN2O3.C16H28N2O3.C3H9ClSi/c1-14-7-9-26(21(29)30-22(2,3)4)13-19(14)27-8-5-6-18(20(27)28)25-17-11-15(23)10-16(24)12-17;1-12-4-6-29(20-18(24)19(25)26-11-27-20)10-17(12)30-5-2-3-16(21(30)31)28-15-8-13(22)7-14(23)9-15;1-11-4-5-20-10-16(11)22-6-2-3-15(17(22)23)21-14-8-12(18)7-13(19)9-14;1-11-7-9-18(15(21)22-16(2,3)4)10-13(11)19-8-5-6-12(17)14(19)20;1-12-8-10-17(15(20)21-16(2,3)4)11-13(12)18-9-6-5-7-14(18)19;1-5(2,3)4/h10-12,14,18-19,25H,5-9,13H2,1-4H3;7-9,11-12,16-17,28H,2-6,10H2,1H3,(H2,25,26,27);7-9,11,15-16,20-21H,2-6,10H2,1H3;11-13H,5-10H2,1-4H3;12-13H,5-11H2,1-4H3;1-3H3/t14-,18?,19-;12-,16?,17-;11-,15?,16-;11-,12?,13-;12-,13-;/m00000./s1. The predicted octanol–water partition coefficient (Wildman–Crippen LogP) is 20.0. The van der Waals surface area contributed by atoms with E-state index in [1.54, 1.807) is 57.2 Å². The van der Waals surface area contributed by atoms with Crippen LogP contribution >= 0.6 is 103 Å². The zero-order chi connectivity index (χ0) is 97.2. The lowest BCUT2D eigenvalue weighted by atomic mass is 9.89. The van der Waals surface area contributed by atoms with Crippen LogP contribution in [-0.4, -0.2) is 272 Å². The quantitative estimate of drug-likeness (QED) is 0.0289. The molecule has 14 atom stereocenters. The maximum Gasteiger partial charge on any atom is 0.410 e. The maximum atomic E-state index is 14.5. The molecule has 8 amide bonds. The lowest BCUT2D eigenvalue weighted by Crippen LogP contribution is -2.60. The Morgan fingerprint density at radius 1 is 0.439 bits per heavy atom. The Bertz CT molecular complexity index is 4490. The second kappa shape index (κ2) is 49.4. The van der Waals surface area contributed by atoms with Crippen LogP contribution in [0.4, 0.5) is 47.5 Å². The van der Waals surface area contributed by atoms with Crippen LogP contribution in [-0.2, 0) is 38.2 Å². The summed E-state index contributed by atoms with van der Waals surface area (Å²) in [6.07, 6.45) is 14.9. The molecule has 3 aromatic carbocycles. The number of nitrogen functional groups attached to an aromatic ring is 1. The fourth-order valence-electron chi connectivity index (χ4n) is 18.4. The van der Waals surface area contributed by atoms with Crippen LogP contribution in [0.5, 0.6) is 0 Å².